The molecule has 2 aromatic carbocycles. The number of methoxy groups -OCH3 is 1. The standard InChI is InChI=1S/C22H22O12/c1-31-12-3-2-8(13-7-11(25)16-10(24)5-9(23)6-15(16)32-13)4-14(12)33-22-19(28)17(26)18(27)20(34-22)21(29)30/h2-6,13,17-20,22-24,26-28H,7H2,1H3,(H,29,30)/t13?,17-,18-,19+,20-,22+/m0/s1/i1D3. The van der Waals surface area contributed by atoms with E-state index in [1.165, 1.54) is 12.1 Å². The Labute approximate surface area is 196 Å². The van der Waals surface area contributed by atoms with Gasteiger partial charge in [-0.3, -0.25) is 4.79 Å². The summed E-state index contributed by atoms with van der Waals surface area (Å²) in [5.74, 6) is -3.86. The molecular weight excluding hydrogens is 456 g/mol. The molecule has 0 radical (unpaired) electrons. The minimum atomic E-state index is -2.95. The van der Waals surface area contributed by atoms with Crippen LogP contribution in [0.3, 0.4) is 0 Å². The van der Waals surface area contributed by atoms with E-state index < -0.39 is 61.3 Å². The van der Waals surface area contributed by atoms with Crippen molar-refractivity contribution in [2.75, 3.05) is 7.04 Å². The first-order valence-electron chi connectivity index (χ1n) is 11.4. The largest absolute Gasteiger partial charge is 0.508 e. The molecule has 12 heteroatoms. The van der Waals surface area contributed by atoms with Crippen LogP contribution in [0.5, 0.6) is 28.7 Å². The Hall–Kier alpha value is -3.58. The molecule has 1 fully saturated rings. The van der Waals surface area contributed by atoms with Crippen molar-refractivity contribution in [3.05, 3.63) is 41.5 Å². The highest BCUT2D eigenvalue weighted by atomic mass is 16.7. The van der Waals surface area contributed by atoms with Crippen LogP contribution in [0.25, 0.3) is 0 Å². The Kier molecular flexibility index (Phi) is 5.25. The Morgan fingerprint density at radius 3 is 2.56 bits per heavy atom. The number of hydrogen-bond acceptors (Lipinski definition) is 11. The molecule has 0 aromatic heterocycles. The highest BCUT2D eigenvalue weighted by molar-refractivity contribution is 6.02. The molecule has 6 N–H and O–H groups in total. The third-order valence-corrected chi connectivity index (χ3v) is 5.49. The summed E-state index contributed by atoms with van der Waals surface area (Å²) < 4.78 is 43.4. The maximum atomic E-state index is 12.7. The predicted molar refractivity (Wildman–Crippen MR) is 110 cm³/mol. The van der Waals surface area contributed by atoms with Crippen molar-refractivity contribution in [2.24, 2.45) is 0 Å². The van der Waals surface area contributed by atoms with Crippen LogP contribution in [0.1, 0.15) is 32.6 Å². The third kappa shape index (κ3) is 4.19. The number of aliphatic hydroxyl groups is 3. The van der Waals surface area contributed by atoms with Gasteiger partial charge in [0.2, 0.25) is 6.29 Å². The molecule has 1 saturated heterocycles. The van der Waals surface area contributed by atoms with Gasteiger partial charge in [-0.25, -0.2) is 4.79 Å². The Morgan fingerprint density at radius 1 is 1.09 bits per heavy atom. The van der Waals surface area contributed by atoms with E-state index in [0.29, 0.717) is 0 Å². The fraction of sp³-hybridized carbons (Fsp3) is 0.364. The predicted octanol–water partition coefficient (Wildman–Crippen LogP) is 0.0839. The van der Waals surface area contributed by atoms with Gasteiger partial charge in [-0.05, 0) is 17.7 Å². The molecule has 2 aliphatic rings. The van der Waals surface area contributed by atoms with E-state index in [1.54, 1.807) is 0 Å². The number of ketones is 1. The normalized spacial score (nSPS) is 30.2. The molecule has 2 aromatic rings. The fourth-order valence-electron chi connectivity index (χ4n) is 3.79. The number of benzene rings is 2. The van der Waals surface area contributed by atoms with Gasteiger partial charge in [0.05, 0.1) is 17.6 Å². The number of fused-ring (bicyclic) bond motifs is 1. The number of carboxylic acid groups (broad SMARTS) is 1. The summed E-state index contributed by atoms with van der Waals surface area (Å²) in [6.45, 7) is 0. The van der Waals surface area contributed by atoms with Crippen LogP contribution in [0.4, 0.5) is 0 Å². The average Bonchev–Trinajstić information content (AvgIpc) is 2.78. The number of carbonyl (C=O) groups excluding carboxylic acids is 1. The molecule has 2 heterocycles. The number of aromatic hydroxyl groups is 2. The number of phenolic OH excluding ortho intramolecular Hbond substituents is 2. The molecular formula is C22H22O12. The monoisotopic (exact) mass is 481 g/mol. The van der Waals surface area contributed by atoms with Crippen molar-refractivity contribution in [1.82, 2.24) is 0 Å². The molecule has 4 rings (SSSR count). The average molecular weight is 481 g/mol. The summed E-state index contributed by atoms with van der Waals surface area (Å²) in [6, 6.07) is 5.83. The van der Waals surface area contributed by atoms with Gasteiger partial charge < -0.3 is 49.6 Å². The molecule has 0 saturated carbocycles. The highest BCUT2D eigenvalue weighted by Gasteiger charge is 2.48. The minimum absolute atomic E-state index is 0.100. The van der Waals surface area contributed by atoms with Crippen molar-refractivity contribution < 1.29 is 63.3 Å². The molecule has 0 bridgehead atoms. The molecule has 1 unspecified atom stereocenters. The van der Waals surface area contributed by atoms with E-state index >= 15 is 0 Å². The minimum Gasteiger partial charge on any atom is -0.508 e. The number of carbonyl (C=O) groups is 2. The van der Waals surface area contributed by atoms with Crippen molar-refractivity contribution in [1.29, 1.82) is 0 Å². The lowest BCUT2D eigenvalue weighted by Gasteiger charge is -2.38. The van der Waals surface area contributed by atoms with Crippen LogP contribution in [-0.2, 0) is 9.53 Å². The maximum Gasteiger partial charge on any atom is 0.335 e. The quantitative estimate of drug-likeness (QED) is 0.337. The lowest BCUT2D eigenvalue weighted by molar-refractivity contribution is -0.271. The molecule has 182 valence electrons. The van der Waals surface area contributed by atoms with Gasteiger partial charge in [0.1, 0.15) is 47.2 Å². The topological polar surface area (TPSA) is 192 Å². The van der Waals surface area contributed by atoms with E-state index in [-0.39, 0.29) is 40.5 Å². The van der Waals surface area contributed by atoms with E-state index in [1.807, 2.05) is 0 Å². The lowest BCUT2D eigenvalue weighted by Crippen LogP contribution is -2.61. The van der Waals surface area contributed by atoms with Crippen LogP contribution >= 0.6 is 0 Å². The fourth-order valence-corrected chi connectivity index (χ4v) is 3.79. The highest BCUT2D eigenvalue weighted by Crippen LogP contribution is 2.43. The Balaban J connectivity index is 1.68. The first-order chi connectivity index (χ1) is 17.2. The van der Waals surface area contributed by atoms with Gasteiger partial charge in [0.15, 0.2) is 23.4 Å². The van der Waals surface area contributed by atoms with Gasteiger partial charge in [-0.2, -0.15) is 0 Å². The Bertz CT molecular complexity index is 1220. The van der Waals surface area contributed by atoms with Crippen LogP contribution in [0.15, 0.2) is 30.3 Å². The van der Waals surface area contributed by atoms with Crippen LogP contribution in [0.2, 0.25) is 0 Å². The smallest absolute Gasteiger partial charge is 0.335 e. The van der Waals surface area contributed by atoms with Gasteiger partial charge in [0, 0.05) is 12.1 Å². The zero-order valence-corrected chi connectivity index (χ0v) is 17.2. The van der Waals surface area contributed by atoms with Crippen LogP contribution < -0.4 is 14.2 Å². The number of aliphatic carboxylic acids is 1. The zero-order chi connectivity index (χ0) is 27.2. The van der Waals surface area contributed by atoms with Crippen LogP contribution in [-0.4, -0.2) is 80.1 Å². The molecule has 2 aliphatic heterocycles. The van der Waals surface area contributed by atoms with E-state index in [0.717, 1.165) is 18.2 Å². The third-order valence-electron chi connectivity index (χ3n) is 5.49. The maximum absolute atomic E-state index is 12.7. The van der Waals surface area contributed by atoms with Gasteiger partial charge in [-0.15, -0.1) is 0 Å². The molecule has 0 amide bonds. The Morgan fingerprint density at radius 2 is 1.85 bits per heavy atom. The molecule has 6 atom stereocenters. The van der Waals surface area contributed by atoms with E-state index in [2.05, 4.69) is 0 Å². The SMILES string of the molecule is [2H]C([2H])([2H])Oc1ccc(C2CC(=O)c3c(O)cc(O)cc3O2)cc1O[C@@H]1O[C@H](C(=O)O)[C@@H](O)[C@H](O)[C@H]1O. The number of Topliss-reactive ketones (excluding diaryl/α,β-unsaturated/α-hetero) is 1. The van der Waals surface area contributed by atoms with Crippen molar-refractivity contribution in [3.63, 3.8) is 0 Å². The van der Waals surface area contributed by atoms with Gasteiger partial charge in [-0.1, -0.05) is 6.07 Å². The molecule has 12 nitrogen and oxygen atoms in total. The first kappa shape index (κ1) is 19.9. The number of carboxylic acids is 1. The summed E-state index contributed by atoms with van der Waals surface area (Å²) in [6.07, 6.45) is -11.0. The lowest BCUT2D eigenvalue weighted by atomic mass is 9.95. The van der Waals surface area contributed by atoms with Crippen molar-refractivity contribution in [3.8, 4) is 28.7 Å². The number of phenols is 2. The molecule has 34 heavy (non-hydrogen) atoms. The summed E-state index contributed by atoms with van der Waals surface area (Å²) in [5, 5.41) is 59.2. The number of rotatable bonds is 5. The van der Waals surface area contributed by atoms with Crippen molar-refractivity contribution >= 4 is 11.8 Å². The van der Waals surface area contributed by atoms with Crippen LogP contribution in [0, 0.1) is 0 Å². The summed E-state index contributed by atoms with van der Waals surface area (Å²) >= 11 is 0. The second-order valence-corrected chi connectivity index (χ2v) is 7.73. The van der Waals surface area contributed by atoms with Crippen molar-refractivity contribution in [2.45, 2.75) is 43.2 Å². The van der Waals surface area contributed by atoms with Gasteiger partial charge in [0.25, 0.3) is 0 Å². The zero-order valence-electron chi connectivity index (χ0n) is 20.2. The molecule has 0 spiro atoms. The number of aliphatic hydroxyl groups excluding tert-OH is 3. The summed E-state index contributed by atoms with van der Waals surface area (Å²) in [5.41, 5.74) is 0.106. The summed E-state index contributed by atoms with van der Waals surface area (Å²) in [7, 11) is -2.95. The molecule has 0 aliphatic carbocycles. The summed E-state index contributed by atoms with van der Waals surface area (Å²) in [4.78, 5) is 24.0. The second kappa shape index (κ2) is 8.99. The van der Waals surface area contributed by atoms with E-state index in [4.69, 9.17) is 23.1 Å². The number of ether oxygens (including phenoxy) is 4. The van der Waals surface area contributed by atoms with E-state index in [9.17, 15) is 40.2 Å². The second-order valence-electron chi connectivity index (χ2n) is 7.73. The van der Waals surface area contributed by atoms with Gasteiger partial charge >= 0.3 is 5.97 Å². The first-order valence-corrected chi connectivity index (χ1v) is 9.93. The number of hydrogen-bond donors (Lipinski definition) is 6.